The van der Waals surface area contributed by atoms with Crippen molar-refractivity contribution < 1.29 is 19.0 Å². The highest BCUT2D eigenvalue weighted by Gasteiger charge is 2.24. The molecule has 1 fully saturated rings. The number of carboxylic acid groups (broad SMARTS) is 1. The molecule has 0 aromatic rings. The van der Waals surface area contributed by atoms with E-state index in [2.05, 4.69) is 0 Å². The number of halogens is 1. The summed E-state index contributed by atoms with van der Waals surface area (Å²) in [5.41, 5.74) is 0. The monoisotopic (exact) mass is 205 g/mol. The van der Waals surface area contributed by atoms with Gasteiger partial charge in [-0.2, -0.15) is 0 Å². The Labute approximate surface area is 82.6 Å². The number of rotatable bonds is 5. The smallest absolute Gasteiger partial charge is 0.305 e. The zero-order chi connectivity index (χ0) is 10.4. The summed E-state index contributed by atoms with van der Waals surface area (Å²) in [5.74, 6) is -0.828. The van der Waals surface area contributed by atoms with Crippen LogP contribution in [0, 0.1) is 0 Å². The molecule has 0 bridgehead atoms. The first-order valence-corrected chi connectivity index (χ1v) is 4.83. The van der Waals surface area contributed by atoms with Crippen LogP contribution in [-0.2, 0) is 9.53 Å². The molecule has 1 aliphatic heterocycles. The van der Waals surface area contributed by atoms with Crippen LogP contribution in [0.15, 0.2) is 0 Å². The highest BCUT2D eigenvalue weighted by Crippen LogP contribution is 2.10. The quantitative estimate of drug-likeness (QED) is 0.711. The second kappa shape index (κ2) is 5.93. The lowest BCUT2D eigenvalue weighted by Gasteiger charge is -2.34. The zero-order valence-corrected chi connectivity index (χ0v) is 8.12. The minimum atomic E-state index is -0.828. The third-order valence-corrected chi connectivity index (χ3v) is 2.34. The molecule has 1 atom stereocenters. The number of nitrogens with zero attached hydrogens (tertiary/aromatic N) is 1. The maximum absolute atomic E-state index is 12.0. The van der Waals surface area contributed by atoms with E-state index in [-0.39, 0.29) is 19.1 Å². The summed E-state index contributed by atoms with van der Waals surface area (Å²) in [7, 11) is 0. The van der Waals surface area contributed by atoms with Crippen LogP contribution in [0.25, 0.3) is 0 Å². The molecule has 0 aromatic carbocycles. The molecule has 0 spiro atoms. The van der Waals surface area contributed by atoms with Crippen LogP contribution in [0.5, 0.6) is 0 Å². The Morgan fingerprint density at radius 3 is 3.07 bits per heavy atom. The Hall–Kier alpha value is -0.680. The Bertz CT molecular complexity index is 189. The van der Waals surface area contributed by atoms with Crippen molar-refractivity contribution in [2.75, 3.05) is 33.0 Å². The molecule has 1 aliphatic rings. The average Bonchev–Trinajstić information content (AvgIpc) is 2.16. The van der Waals surface area contributed by atoms with Gasteiger partial charge in [-0.05, 0) is 6.42 Å². The van der Waals surface area contributed by atoms with Crippen molar-refractivity contribution in [3.63, 3.8) is 0 Å². The van der Waals surface area contributed by atoms with Gasteiger partial charge in [0.1, 0.15) is 0 Å². The van der Waals surface area contributed by atoms with Gasteiger partial charge in [0.2, 0.25) is 0 Å². The molecule has 1 rings (SSSR count). The molecule has 14 heavy (non-hydrogen) atoms. The van der Waals surface area contributed by atoms with Gasteiger partial charge >= 0.3 is 5.97 Å². The van der Waals surface area contributed by atoms with E-state index in [9.17, 15) is 9.18 Å². The fourth-order valence-corrected chi connectivity index (χ4v) is 1.64. The molecule has 1 heterocycles. The summed E-state index contributed by atoms with van der Waals surface area (Å²) in [6.45, 7) is 2.04. The van der Waals surface area contributed by atoms with E-state index in [1.165, 1.54) is 0 Å². The van der Waals surface area contributed by atoms with Crippen molar-refractivity contribution in [2.45, 2.75) is 18.9 Å². The summed E-state index contributed by atoms with van der Waals surface area (Å²) in [6, 6.07) is -0.0900. The van der Waals surface area contributed by atoms with Crippen molar-refractivity contribution in [3.05, 3.63) is 0 Å². The molecule has 5 heteroatoms. The lowest BCUT2D eigenvalue weighted by Crippen LogP contribution is -2.46. The minimum Gasteiger partial charge on any atom is -0.481 e. The van der Waals surface area contributed by atoms with Crippen LogP contribution in [0.3, 0.4) is 0 Å². The largest absolute Gasteiger partial charge is 0.481 e. The molecule has 0 amide bonds. The summed E-state index contributed by atoms with van der Waals surface area (Å²) < 4.78 is 17.2. The van der Waals surface area contributed by atoms with Crippen molar-refractivity contribution in [3.8, 4) is 0 Å². The van der Waals surface area contributed by atoms with Gasteiger partial charge in [-0.3, -0.25) is 14.1 Å². The van der Waals surface area contributed by atoms with E-state index in [0.29, 0.717) is 32.7 Å². The number of alkyl halides is 1. The SMILES string of the molecule is O=C(O)CC1COCCN1CCCF. The number of hydrogen-bond donors (Lipinski definition) is 1. The summed E-state index contributed by atoms with van der Waals surface area (Å²) in [4.78, 5) is 12.5. The molecule has 1 N–H and O–H groups in total. The average molecular weight is 205 g/mol. The molecule has 1 unspecified atom stereocenters. The van der Waals surface area contributed by atoms with E-state index in [0.717, 1.165) is 0 Å². The second-order valence-corrected chi connectivity index (χ2v) is 3.41. The fourth-order valence-electron chi connectivity index (χ4n) is 1.64. The number of carbonyl (C=O) groups is 1. The first kappa shape index (κ1) is 11.4. The van der Waals surface area contributed by atoms with Gasteiger partial charge in [0.15, 0.2) is 0 Å². The standard InChI is InChI=1S/C9H16FNO3/c10-2-1-3-11-4-5-14-7-8(11)6-9(12)13/h8H,1-7H2,(H,12,13). The summed E-state index contributed by atoms with van der Waals surface area (Å²) in [5, 5.41) is 8.65. The highest BCUT2D eigenvalue weighted by atomic mass is 19.1. The molecule has 0 aromatic heterocycles. The number of morpholine rings is 1. The first-order valence-electron chi connectivity index (χ1n) is 4.83. The molecule has 82 valence electrons. The molecule has 1 saturated heterocycles. The summed E-state index contributed by atoms with van der Waals surface area (Å²) >= 11 is 0. The van der Waals surface area contributed by atoms with E-state index in [1.807, 2.05) is 4.90 Å². The zero-order valence-electron chi connectivity index (χ0n) is 8.12. The Morgan fingerprint density at radius 2 is 2.43 bits per heavy atom. The van der Waals surface area contributed by atoms with Gasteiger partial charge in [0.25, 0.3) is 0 Å². The van der Waals surface area contributed by atoms with Crippen LogP contribution in [-0.4, -0.2) is 55.0 Å². The first-order chi connectivity index (χ1) is 6.74. The van der Waals surface area contributed by atoms with E-state index >= 15 is 0 Å². The molecule has 0 saturated carbocycles. The van der Waals surface area contributed by atoms with Gasteiger partial charge in [-0.1, -0.05) is 0 Å². The van der Waals surface area contributed by atoms with Gasteiger partial charge in [0, 0.05) is 19.1 Å². The van der Waals surface area contributed by atoms with Crippen LogP contribution in [0.4, 0.5) is 4.39 Å². The normalized spacial score (nSPS) is 23.6. The van der Waals surface area contributed by atoms with Gasteiger partial charge in [-0.25, -0.2) is 0 Å². The lowest BCUT2D eigenvalue weighted by molar-refractivity contribution is -0.140. The van der Waals surface area contributed by atoms with Crippen molar-refractivity contribution in [1.29, 1.82) is 0 Å². The molecule has 0 radical (unpaired) electrons. The number of aliphatic carboxylic acids is 1. The maximum Gasteiger partial charge on any atom is 0.305 e. The summed E-state index contributed by atoms with van der Waals surface area (Å²) in [6.07, 6.45) is 0.544. The van der Waals surface area contributed by atoms with Crippen molar-refractivity contribution >= 4 is 5.97 Å². The highest BCUT2D eigenvalue weighted by molar-refractivity contribution is 5.67. The lowest BCUT2D eigenvalue weighted by atomic mass is 10.1. The third-order valence-electron chi connectivity index (χ3n) is 2.34. The van der Waals surface area contributed by atoms with Crippen molar-refractivity contribution in [2.24, 2.45) is 0 Å². The number of hydrogen-bond acceptors (Lipinski definition) is 3. The number of ether oxygens (including phenoxy) is 1. The van der Waals surface area contributed by atoms with Gasteiger partial charge < -0.3 is 9.84 Å². The molecular formula is C9H16FNO3. The maximum atomic E-state index is 12.0. The van der Waals surface area contributed by atoms with Crippen LogP contribution >= 0.6 is 0 Å². The van der Waals surface area contributed by atoms with E-state index in [4.69, 9.17) is 9.84 Å². The van der Waals surface area contributed by atoms with Crippen LogP contribution in [0.2, 0.25) is 0 Å². The van der Waals surface area contributed by atoms with Crippen LogP contribution < -0.4 is 0 Å². The minimum absolute atomic E-state index is 0.0757. The molecular weight excluding hydrogens is 189 g/mol. The van der Waals surface area contributed by atoms with Crippen molar-refractivity contribution in [1.82, 2.24) is 4.90 Å². The molecule has 0 aliphatic carbocycles. The van der Waals surface area contributed by atoms with Gasteiger partial charge in [0.05, 0.1) is 26.3 Å². The number of carboxylic acids is 1. The predicted octanol–water partition coefficient (Wildman–Crippen LogP) is 0.521. The van der Waals surface area contributed by atoms with Crippen LogP contribution in [0.1, 0.15) is 12.8 Å². The fraction of sp³-hybridized carbons (Fsp3) is 0.889. The Balaban J connectivity index is 2.37. The van der Waals surface area contributed by atoms with E-state index in [1.54, 1.807) is 0 Å². The van der Waals surface area contributed by atoms with E-state index < -0.39 is 5.97 Å². The molecule has 4 nitrogen and oxygen atoms in total. The Morgan fingerprint density at radius 1 is 1.64 bits per heavy atom. The van der Waals surface area contributed by atoms with Gasteiger partial charge in [-0.15, -0.1) is 0 Å². The predicted molar refractivity (Wildman–Crippen MR) is 49.0 cm³/mol. The third kappa shape index (κ3) is 3.59. The second-order valence-electron chi connectivity index (χ2n) is 3.41. The Kier molecular flexibility index (Phi) is 4.82. The topological polar surface area (TPSA) is 49.8 Å².